The smallest absolute Gasteiger partial charge is 0.282 e. The van der Waals surface area contributed by atoms with Crippen LogP contribution >= 0.6 is 0 Å². The Kier molecular flexibility index (Phi) is 7.51. The number of unbranched alkanes of at least 4 members (excludes halogenated alkanes) is 1. The first kappa shape index (κ1) is 21.5. The highest BCUT2D eigenvalue weighted by Gasteiger charge is 2.32. The van der Waals surface area contributed by atoms with Crippen LogP contribution in [0, 0.1) is 0 Å². The van der Waals surface area contributed by atoms with Crippen LogP contribution < -0.4 is 5.56 Å². The Morgan fingerprint density at radius 1 is 1.11 bits per heavy atom. The van der Waals surface area contributed by atoms with E-state index >= 15 is 0 Å². The van der Waals surface area contributed by atoms with E-state index in [9.17, 15) is 18.0 Å². The Bertz CT molecular complexity index is 796. The summed E-state index contributed by atoms with van der Waals surface area (Å²) in [4.78, 5) is 26.1. The second-order valence-corrected chi connectivity index (χ2v) is 8.35. The summed E-state index contributed by atoms with van der Waals surface area (Å²) in [6, 6.07) is 2.79. The Morgan fingerprint density at radius 2 is 1.74 bits per heavy atom. The highest BCUT2D eigenvalue weighted by Crippen LogP contribution is 2.13. The molecule has 1 aromatic rings. The summed E-state index contributed by atoms with van der Waals surface area (Å²) in [5, 5.41) is 4.18. The number of aromatic nitrogens is 2. The van der Waals surface area contributed by atoms with Crippen molar-refractivity contribution in [3.05, 3.63) is 28.2 Å². The van der Waals surface area contributed by atoms with Gasteiger partial charge in [0.1, 0.15) is 5.69 Å². The zero-order valence-electron chi connectivity index (χ0n) is 16.3. The van der Waals surface area contributed by atoms with Crippen LogP contribution in [0.25, 0.3) is 0 Å². The topological polar surface area (TPSA) is 95.8 Å². The third-order valence-electron chi connectivity index (χ3n) is 4.69. The lowest BCUT2D eigenvalue weighted by Crippen LogP contribution is -2.54. The molecule has 0 aromatic carbocycles. The zero-order valence-corrected chi connectivity index (χ0v) is 17.1. The number of nitrogens with zero attached hydrogens (tertiary/aromatic N) is 5. The number of piperazine rings is 1. The van der Waals surface area contributed by atoms with Crippen LogP contribution in [0.2, 0.25) is 0 Å². The van der Waals surface area contributed by atoms with Gasteiger partial charge in [-0.3, -0.25) is 9.59 Å². The van der Waals surface area contributed by atoms with Crippen LogP contribution in [-0.4, -0.2) is 76.9 Å². The molecule has 1 fully saturated rings. The van der Waals surface area contributed by atoms with Gasteiger partial charge in [-0.1, -0.05) is 27.2 Å². The molecule has 1 aliphatic rings. The molecule has 0 atom stereocenters. The third kappa shape index (κ3) is 4.94. The van der Waals surface area contributed by atoms with E-state index in [-0.39, 0.29) is 30.2 Å². The average molecular weight is 400 g/mol. The highest BCUT2D eigenvalue weighted by molar-refractivity contribution is 7.86. The molecule has 1 aliphatic heterocycles. The molecule has 9 nitrogen and oxygen atoms in total. The summed E-state index contributed by atoms with van der Waals surface area (Å²) >= 11 is 0. The van der Waals surface area contributed by atoms with Crippen molar-refractivity contribution in [3.8, 4) is 0 Å². The van der Waals surface area contributed by atoms with Crippen molar-refractivity contribution >= 4 is 16.1 Å². The van der Waals surface area contributed by atoms with Gasteiger partial charge in [0.05, 0.1) is 0 Å². The number of rotatable bonds is 8. The normalized spacial score (nSPS) is 16.1. The number of hydrogen-bond acceptors (Lipinski definition) is 5. The van der Waals surface area contributed by atoms with Crippen molar-refractivity contribution in [3.63, 3.8) is 0 Å². The Hall–Kier alpha value is -1.78. The van der Waals surface area contributed by atoms with E-state index < -0.39 is 10.2 Å². The molecule has 0 radical (unpaired) electrons. The van der Waals surface area contributed by atoms with Crippen LogP contribution in [0.4, 0.5) is 0 Å². The van der Waals surface area contributed by atoms with Gasteiger partial charge in [-0.05, 0) is 12.5 Å². The molecule has 1 amide bonds. The summed E-state index contributed by atoms with van der Waals surface area (Å²) in [6.07, 6.45) is 1.74. The van der Waals surface area contributed by atoms with E-state index in [1.54, 1.807) is 18.7 Å². The molecular formula is C17H29N5O4S. The molecule has 0 saturated carbocycles. The first-order valence-corrected chi connectivity index (χ1v) is 10.9. The monoisotopic (exact) mass is 399 g/mol. The minimum Gasteiger partial charge on any atom is -0.335 e. The van der Waals surface area contributed by atoms with Crippen LogP contribution in [0.15, 0.2) is 16.9 Å². The first-order valence-electron chi connectivity index (χ1n) is 9.47. The van der Waals surface area contributed by atoms with Crippen molar-refractivity contribution < 1.29 is 13.2 Å². The van der Waals surface area contributed by atoms with Crippen molar-refractivity contribution in [2.75, 3.05) is 39.3 Å². The molecule has 1 saturated heterocycles. The van der Waals surface area contributed by atoms with Gasteiger partial charge in [-0.2, -0.15) is 22.1 Å². The van der Waals surface area contributed by atoms with Gasteiger partial charge in [0.2, 0.25) is 0 Å². The fourth-order valence-corrected chi connectivity index (χ4v) is 4.63. The van der Waals surface area contributed by atoms with E-state index in [0.29, 0.717) is 32.7 Å². The number of carbonyl (C=O) groups excluding carboxylic acids is 1. The summed E-state index contributed by atoms with van der Waals surface area (Å²) in [7, 11) is -3.49. The molecule has 0 bridgehead atoms. The van der Waals surface area contributed by atoms with Gasteiger partial charge < -0.3 is 4.90 Å². The summed E-state index contributed by atoms with van der Waals surface area (Å²) in [5.74, 6) is -0.278. The number of amides is 1. The Balaban J connectivity index is 2.06. The molecule has 0 unspecified atom stereocenters. The fourth-order valence-electron chi connectivity index (χ4n) is 3.03. The van der Waals surface area contributed by atoms with Crippen molar-refractivity contribution in [2.24, 2.45) is 0 Å². The van der Waals surface area contributed by atoms with Gasteiger partial charge in [0, 0.05) is 51.9 Å². The lowest BCUT2D eigenvalue weighted by atomic mass is 10.3. The maximum atomic E-state index is 12.7. The van der Waals surface area contributed by atoms with Gasteiger partial charge >= 0.3 is 0 Å². The Labute approximate surface area is 160 Å². The van der Waals surface area contributed by atoms with E-state index in [4.69, 9.17) is 0 Å². The number of hydrogen-bond donors (Lipinski definition) is 0. The molecule has 10 heteroatoms. The molecule has 152 valence electrons. The van der Waals surface area contributed by atoms with E-state index in [2.05, 4.69) is 5.10 Å². The molecule has 0 N–H and O–H groups in total. The standard InChI is InChI=1S/C17H29N5O4S/c1-4-7-10-22-16(23)9-8-15(18-22)17(24)19-11-13-21(14-12-19)27(25,26)20(5-2)6-3/h8-9H,4-7,10-14H2,1-3H3. The highest BCUT2D eigenvalue weighted by atomic mass is 32.2. The third-order valence-corrected chi connectivity index (χ3v) is 6.88. The minimum atomic E-state index is -3.49. The molecule has 1 aromatic heterocycles. The molecule has 2 rings (SSSR count). The number of carbonyl (C=O) groups is 1. The van der Waals surface area contributed by atoms with Crippen molar-refractivity contribution in [1.82, 2.24) is 23.3 Å². The van der Waals surface area contributed by atoms with E-state index in [0.717, 1.165) is 12.8 Å². The Morgan fingerprint density at radius 3 is 2.30 bits per heavy atom. The maximum absolute atomic E-state index is 12.7. The maximum Gasteiger partial charge on any atom is 0.282 e. The molecule has 2 heterocycles. The minimum absolute atomic E-state index is 0.214. The van der Waals surface area contributed by atoms with Crippen molar-refractivity contribution in [1.29, 1.82) is 0 Å². The molecule has 0 aliphatic carbocycles. The second kappa shape index (κ2) is 9.43. The first-order chi connectivity index (χ1) is 12.8. The van der Waals surface area contributed by atoms with Gasteiger partial charge in [-0.15, -0.1) is 0 Å². The predicted octanol–water partition coefficient (Wildman–Crippen LogP) is 0.388. The zero-order chi connectivity index (χ0) is 20.0. The summed E-state index contributed by atoms with van der Waals surface area (Å²) in [6.45, 7) is 8.05. The molecule has 0 spiro atoms. The lowest BCUT2D eigenvalue weighted by molar-refractivity contribution is 0.0685. The van der Waals surface area contributed by atoms with E-state index in [1.807, 2.05) is 6.92 Å². The molecular weight excluding hydrogens is 370 g/mol. The van der Waals surface area contributed by atoms with Crippen LogP contribution in [0.5, 0.6) is 0 Å². The van der Waals surface area contributed by atoms with Gasteiger partial charge in [-0.25, -0.2) is 4.68 Å². The van der Waals surface area contributed by atoms with Crippen LogP contribution in [0.1, 0.15) is 44.1 Å². The predicted molar refractivity (Wildman–Crippen MR) is 103 cm³/mol. The van der Waals surface area contributed by atoms with Gasteiger partial charge in [0.25, 0.3) is 21.7 Å². The van der Waals surface area contributed by atoms with Crippen molar-refractivity contribution in [2.45, 2.75) is 40.2 Å². The SMILES string of the molecule is CCCCn1nc(C(=O)N2CCN(S(=O)(=O)N(CC)CC)CC2)ccc1=O. The van der Waals surface area contributed by atoms with E-state index in [1.165, 1.54) is 25.4 Å². The molecule has 27 heavy (non-hydrogen) atoms. The largest absolute Gasteiger partial charge is 0.335 e. The lowest BCUT2D eigenvalue weighted by Gasteiger charge is -2.36. The second-order valence-electron chi connectivity index (χ2n) is 6.42. The summed E-state index contributed by atoms with van der Waals surface area (Å²) in [5.41, 5.74) is -0.0131. The summed E-state index contributed by atoms with van der Waals surface area (Å²) < 4.78 is 29.3. The average Bonchev–Trinajstić information content (AvgIpc) is 2.67. The number of aryl methyl sites for hydroxylation is 1. The van der Waals surface area contributed by atoms with Gasteiger partial charge in [0.15, 0.2) is 0 Å². The van der Waals surface area contributed by atoms with Crippen LogP contribution in [-0.2, 0) is 16.8 Å². The fraction of sp³-hybridized carbons (Fsp3) is 0.706. The quantitative estimate of drug-likeness (QED) is 0.630. The van der Waals surface area contributed by atoms with Crippen LogP contribution in [0.3, 0.4) is 0 Å².